The molecule has 2 N–H and O–H groups in total. The average Bonchev–Trinajstić information content (AvgIpc) is 2.07. The van der Waals surface area contributed by atoms with Crippen LogP contribution in [0, 0.1) is 0 Å². The number of rotatable bonds is 0. The van der Waals surface area contributed by atoms with Crippen molar-refractivity contribution in [2.24, 2.45) is 0 Å². The summed E-state index contributed by atoms with van der Waals surface area (Å²) in [6.07, 6.45) is 2.78. The lowest BCUT2D eigenvalue weighted by Gasteiger charge is -2.04. The molecule has 2 nitrogen and oxygen atoms in total. The minimum atomic E-state index is -0.500. The monoisotopic (exact) mass is 145 g/mol. The second-order valence-electron chi connectivity index (χ2n) is 3.63. The summed E-state index contributed by atoms with van der Waals surface area (Å²) < 4.78 is 0. The van der Waals surface area contributed by atoms with Crippen LogP contribution in [-0.2, 0) is 0 Å². The molecule has 1 heterocycles. The lowest BCUT2D eigenvalue weighted by atomic mass is 10.2. The molecule has 0 radical (unpaired) electrons. The molecule has 0 bridgehead atoms. The van der Waals surface area contributed by atoms with E-state index < -0.39 is 5.60 Å². The van der Waals surface area contributed by atoms with E-state index in [4.69, 9.17) is 5.11 Å². The molecule has 62 valence electrons. The molecule has 0 aliphatic carbocycles. The largest absolute Gasteiger partial charge is 0.391 e. The van der Waals surface area contributed by atoms with E-state index in [1.807, 2.05) is 0 Å². The van der Waals surface area contributed by atoms with Crippen LogP contribution in [0.25, 0.3) is 0 Å². The van der Waals surface area contributed by atoms with Crippen molar-refractivity contribution >= 4 is 0 Å². The maximum absolute atomic E-state index is 8.52. The third-order valence-corrected chi connectivity index (χ3v) is 0.957. The van der Waals surface area contributed by atoms with Gasteiger partial charge in [-0.3, -0.25) is 0 Å². The summed E-state index contributed by atoms with van der Waals surface area (Å²) in [5, 5.41) is 11.7. The lowest BCUT2D eigenvalue weighted by Crippen LogP contribution is -2.10. The molecule has 1 aliphatic rings. The smallest absolute Gasteiger partial charge is 0.0563 e. The zero-order valence-electron chi connectivity index (χ0n) is 7.28. The normalized spacial score (nSPS) is 18.0. The fourth-order valence-electron chi connectivity index (χ4n) is 0.625. The van der Waals surface area contributed by atoms with E-state index in [1.54, 1.807) is 20.8 Å². The van der Waals surface area contributed by atoms with Gasteiger partial charge in [-0.2, -0.15) is 0 Å². The number of nitrogens with one attached hydrogen (secondary N) is 1. The third kappa shape index (κ3) is 15.7. The Kier molecular flexibility index (Phi) is 4.65. The van der Waals surface area contributed by atoms with E-state index >= 15 is 0 Å². The molecule has 0 spiro atoms. The quantitative estimate of drug-likeness (QED) is 0.536. The SMILES string of the molecule is C1CCNC1.CC(C)(C)O. The van der Waals surface area contributed by atoms with E-state index in [1.165, 1.54) is 25.9 Å². The van der Waals surface area contributed by atoms with E-state index in [2.05, 4.69) is 5.32 Å². The van der Waals surface area contributed by atoms with E-state index in [-0.39, 0.29) is 0 Å². The molecule has 0 atom stereocenters. The summed E-state index contributed by atoms with van der Waals surface area (Å²) >= 11 is 0. The maximum atomic E-state index is 8.52. The summed E-state index contributed by atoms with van der Waals surface area (Å²) in [4.78, 5) is 0. The molecule has 1 aliphatic heterocycles. The van der Waals surface area contributed by atoms with Crippen LogP contribution in [0.15, 0.2) is 0 Å². The highest BCUT2D eigenvalue weighted by atomic mass is 16.3. The molecule has 10 heavy (non-hydrogen) atoms. The molecule has 2 heteroatoms. The topological polar surface area (TPSA) is 32.3 Å². The van der Waals surface area contributed by atoms with Crippen LogP contribution >= 0.6 is 0 Å². The van der Waals surface area contributed by atoms with E-state index in [0.717, 1.165) is 0 Å². The van der Waals surface area contributed by atoms with Crippen molar-refractivity contribution in [3.63, 3.8) is 0 Å². The molecule has 0 aromatic rings. The third-order valence-electron chi connectivity index (χ3n) is 0.957. The summed E-state index contributed by atoms with van der Waals surface area (Å²) in [6, 6.07) is 0. The van der Waals surface area contributed by atoms with Gasteiger partial charge in [0, 0.05) is 0 Å². The highest BCUT2D eigenvalue weighted by Crippen LogP contribution is 1.93. The lowest BCUT2D eigenvalue weighted by molar-refractivity contribution is 0.102. The van der Waals surface area contributed by atoms with Crippen molar-refractivity contribution in [3.8, 4) is 0 Å². The standard InChI is InChI=1S/C4H9N.C4H10O/c1-2-4-5-3-1;1-4(2,3)5/h5H,1-4H2;5H,1-3H3. The van der Waals surface area contributed by atoms with E-state index in [9.17, 15) is 0 Å². The van der Waals surface area contributed by atoms with Crippen molar-refractivity contribution in [2.45, 2.75) is 39.2 Å². The first-order valence-corrected chi connectivity index (χ1v) is 3.93. The molecule has 0 amide bonds. The van der Waals surface area contributed by atoms with Gasteiger partial charge in [-0.05, 0) is 46.7 Å². The first-order chi connectivity index (χ1) is 4.50. The van der Waals surface area contributed by atoms with Crippen LogP contribution in [0.1, 0.15) is 33.6 Å². The van der Waals surface area contributed by atoms with Crippen LogP contribution in [0.4, 0.5) is 0 Å². The Hall–Kier alpha value is -0.0800. The molecule has 0 aromatic carbocycles. The summed E-state index contributed by atoms with van der Waals surface area (Å²) in [6.45, 7) is 7.73. The van der Waals surface area contributed by atoms with Crippen LogP contribution < -0.4 is 5.32 Å². The summed E-state index contributed by atoms with van der Waals surface area (Å²) in [5.41, 5.74) is -0.500. The minimum Gasteiger partial charge on any atom is -0.391 e. The summed E-state index contributed by atoms with van der Waals surface area (Å²) in [5.74, 6) is 0. The zero-order chi connectivity index (χ0) is 8.04. The highest BCUT2D eigenvalue weighted by molar-refractivity contribution is 4.55. The Labute approximate surface area is 63.6 Å². The van der Waals surface area contributed by atoms with E-state index in [0.29, 0.717) is 0 Å². The fourth-order valence-corrected chi connectivity index (χ4v) is 0.625. The second-order valence-corrected chi connectivity index (χ2v) is 3.63. The average molecular weight is 145 g/mol. The van der Waals surface area contributed by atoms with Gasteiger partial charge in [0.2, 0.25) is 0 Å². The van der Waals surface area contributed by atoms with Crippen LogP contribution in [0.3, 0.4) is 0 Å². The Morgan fingerprint density at radius 1 is 1.10 bits per heavy atom. The van der Waals surface area contributed by atoms with Crippen LogP contribution in [0.2, 0.25) is 0 Å². The minimum absolute atomic E-state index is 0.500. The van der Waals surface area contributed by atoms with Crippen molar-refractivity contribution in [1.29, 1.82) is 0 Å². The highest BCUT2D eigenvalue weighted by Gasteiger charge is 1.97. The Balaban J connectivity index is 0.000000162. The van der Waals surface area contributed by atoms with Gasteiger partial charge >= 0.3 is 0 Å². The van der Waals surface area contributed by atoms with Crippen LogP contribution in [-0.4, -0.2) is 23.8 Å². The molecule has 1 fully saturated rings. The number of hydrogen-bond acceptors (Lipinski definition) is 2. The molecule has 0 unspecified atom stereocenters. The molecule has 0 aromatic heterocycles. The maximum Gasteiger partial charge on any atom is 0.0563 e. The second kappa shape index (κ2) is 4.69. The van der Waals surface area contributed by atoms with Gasteiger partial charge in [-0.15, -0.1) is 0 Å². The zero-order valence-corrected chi connectivity index (χ0v) is 7.28. The molecular weight excluding hydrogens is 126 g/mol. The van der Waals surface area contributed by atoms with Gasteiger partial charge in [0.15, 0.2) is 0 Å². The Morgan fingerprint density at radius 3 is 1.50 bits per heavy atom. The van der Waals surface area contributed by atoms with Gasteiger partial charge < -0.3 is 10.4 Å². The van der Waals surface area contributed by atoms with Crippen molar-refractivity contribution in [3.05, 3.63) is 0 Å². The molecule has 0 saturated carbocycles. The predicted molar refractivity (Wildman–Crippen MR) is 44.1 cm³/mol. The first kappa shape index (κ1) is 9.92. The number of hydrogen-bond donors (Lipinski definition) is 2. The van der Waals surface area contributed by atoms with Gasteiger partial charge in [0.05, 0.1) is 5.60 Å². The predicted octanol–water partition coefficient (Wildman–Crippen LogP) is 1.15. The van der Waals surface area contributed by atoms with Gasteiger partial charge in [0.25, 0.3) is 0 Å². The molecule has 1 rings (SSSR count). The summed E-state index contributed by atoms with van der Waals surface area (Å²) in [7, 11) is 0. The first-order valence-electron chi connectivity index (χ1n) is 3.93. The van der Waals surface area contributed by atoms with Crippen molar-refractivity contribution in [2.75, 3.05) is 13.1 Å². The Bertz CT molecular complexity index is 58.2. The molecule has 1 saturated heterocycles. The van der Waals surface area contributed by atoms with Crippen LogP contribution in [0.5, 0.6) is 0 Å². The van der Waals surface area contributed by atoms with Gasteiger partial charge in [-0.1, -0.05) is 0 Å². The fraction of sp³-hybridized carbons (Fsp3) is 1.00. The molecular formula is C8H19NO. The van der Waals surface area contributed by atoms with Crippen molar-refractivity contribution < 1.29 is 5.11 Å². The van der Waals surface area contributed by atoms with Gasteiger partial charge in [-0.25, -0.2) is 0 Å². The number of aliphatic hydroxyl groups is 1. The van der Waals surface area contributed by atoms with Crippen molar-refractivity contribution in [1.82, 2.24) is 5.32 Å². The van der Waals surface area contributed by atoms with Gasteiger partial charge in [0.1, 0.15) is 0 Å². The Morgan fingerprint density at radius 2 is 1.40 bits per heavy atom.